The highest BCUT2D eigenvalue weighted by Crippen LogP contribution is 2.28. The number of anilines is 2. The van der Waals surface area contributed by atoms with Crippen molar-refractivity contribution < 1.29 is 24.2 Å². The van der Waals surface area contributed by atoms with Gasteiger partial charge in [0.1, 0.15) is 24.2 Å². The molecule has 0 saturated heterocycles. The number of carboxylic acids is 1. The van der Waals surface area contributed by atoms with E-state index in [1.165, 1.54) is 0 Å². The van der Waals surface area contributed by atoms with Gasteiger partial charge in [-0.1, -0.05) is 24.3 Å². The molecule has 0 aromatic heterocycles. The Morgan fingerprint density at radius 1 is 1.06 bits per heavy atom. The van der Waals surface area contributed by atoms with Gasteiger partial charge in [-0.25, -0.2) is 0 Å². The van der Waals surface area contributed by atoms with Gasteiger partial charge in [0.05, 0.1) is 18.7 Å². The van der Waals surface area contributed by atoms with Crippen molar-refractivity contribution in [3.8, 4) is 11.5 Å². The van der Waals surface area contributed by atoms with Crippen molar-refractivity contribution >= 4 is 23.3 Å². The summed E-state index contributed by atoms with van der Waals surface area (Å²) in [5.74, 6) is 0.248. The number of aliphatic carboxylic acids is 1. The van der Waals surface area contributed by atoms with Crippen molar-refractivity contribution in [3.05, 3.63) is 83.9 Å². The Morgan fingerprint density at radius 3 is 2.68 bits per heavy atom. The molecule has 0 bridgehead atoms. The van der Waals surface area contributed by atoms with E-state index in [4.69, 9.17) is 14.6 Å². The summed E-state index contributed by atoms with van der Waals surface area (Å²) in [7, 11) is 0. The zero-order valence-electron chi connectivity index (χ0n) is 16.7. The van der Waals surface area contributed by atoms with Gasteiger partial charge < -0.3 is 25.2 Å². The van der Waals surface area contributed by atoms with Crippen LogP contribution in [-0.2, 0) is 11.2 Å². The molecule has 0 unspecified atom stereocenters. The lowest BCUT2D eigenvalue weighted by Gasteiger charge is -2.27. The number of carbonyl (C=O) groups is 2. The van der Waals surface area contributed by atoms with Crippen LogP contribution in [0, 0.1) is 0 Å². The number of benzene rings is 3. The van der Waals surface area contributed by atoms with Gasteiger partial charge >= 0.3 is 5.97 Å². The molecule has 7 heteroatoms. The molecule has 3 N–H and O–H groups in total. The Morgan fingerprint density at radius 2 is 1.87 bits per heavy atom. The normalized spacial score (nSPS) is 14.5. The fourth-order valence-electron chi connectivity index (χ4n) is 3.28. The molecule has 0 aliphatic carbocycles. The van der Waals surface area contributed by atoms with Gasteiger partial charge in [-0.15, -0.1) is 0 Å². The minimum absolute atomic E-state index is 0.0957. The minimum atomic E-state index is -0.919. The summed E-state index contributed by atoms with van der Waals surface area (Å²) >= 11 is 0. The monoisotopic (exact) mass is 418 g/mol. The van der Waals surface area contributed by atoms with E-state index in [1.807, 2.05) is 24.3 Å². The summed E-state index contributed by atoms with van der Waals surface area (Å²) in [4.78, 5) is 23.3. The maximum absolute atomic E-state index is 12.5. The molecular weight excluding hydrogens is 396 g/mol. The highest BCUT2D eigenvalue weighted by Gasteiger charge is 2.19. The van der Waals surface area contributed by atoms with Crippen LogP contribution in [-0.4, -0.2) is 36.2 Å². The van der Waals surface area contributed by atoms with E-state index < -0.39 is 5.97 Å². The quantitative estimate of drug-likeness (QED) is 0.540. The number of nitrogens with one attached hydrogen (secondary N) is 2. The molecular formula is C24H22N2O5. The Hall–Kier alpha value is -4.00. The fraction of sp³-hybridized carbons (Fsp3) is 0.167. The SMILES string of the molecule is O=C(O)Cc1cccc(NC(=O)c2ccc(OC[C@H]3CNc4ccccc4O3)cc2)c1. The van der Waals surface area contributed by atoms with Crippen LogP contribution in [0.4, 0.5) is 11.4 Å². The Kier molecular flexibility index (Phi) is 6.03. The summed E-state index contributed by atoms with van der Waals surface area (Å²) in [6.07, 6.45) is -0.211. The van der Waals surface area contributed by atoms with Gasteiger partial charge in [-0.2, -0.15) is 0 Å². The van der Waals surface area contributed by atoms with Crippen LogP contribution in [0.15, 0.2) is 72.8 Å². The zero-order chi connectivity index (χ0) is 21.6. The maximum atomic E-state index is 12.5. The van der Waals surface area contributed by atoms with Crippen LogP contribution < -0.4 is 20.1 Å². The van der Waals surface area contributed by atoms with Gasteiger partial charge in [0, 0.05) is 11.3 Å². The van der Waals surface area contributed by atoms with Crippen molar-refractivity contribution in [2.45, 2.75) is 12.5 Å². The average molecular weight is 418 g/mol. The van der Waals surface area contributed by atoms with Crippen molar-refractivity contribution in [1.29, 1.82) is 0 Å². The van der Waals surface area contributed by atoms with E-state index in [0.717, 1.165) is 11.4 Å². The first-order valence-corrected chi connectivity index (χ1v) is 9.91. The molecule has 3 aromatic carbocycles. The Balaban J connectivity index is 1.31. The van der Waals surface area contributed by atoms with Crippen molar-refractivity contribution in [1.82, 2.24) is 0 Å². The van der Waals surface area contributed by atoms with Gasteiger partial charge in [0.2, 0.25) is 0 Å². The summed E-state index contributed by atoms with van der Waals surface area (Å²) in [5.41, 5.74) is 2.62. The van der Waals surface area contributed by atoms with Crippen molar-refractivity contribution in [2.24, 2.45) is 0 Å². The molecule has 3 aromatic rings. The fourth-order valence-corrected chi connectivity index (χ4v) is 3.28. The third-order valence-electron chi connectivity index (χ3n) is 4.79. The van der Waals surface area contributed by atoms with Crippen LogP contribution in [0.2, 0.25) is 0 Å². The van der Waals surface area contributed by atoms with E-state index in [-0.39, 0.29) is 18.4 Å². The number of ether oxygens (including phenoxy) is 2. The van der Waals surface area contributed by atoms with Crippen molar-refractivity contribution in [3.63, 3.8) is 0 Å². The van der Waals surface area contributed by atoms with E-state index in [0.29, 0.717) is 35.7 Å². The number of fused-ring (bicyclic) bond motifs is 1. The van der Waals surface area contributed by atoms with Crippen LogP contribution in [0.25, 0.3) is 0 Å². The van der Waals surface area contributed by atoms with Crippen LogP contribution in [0.5, 0.6) is 11.5 Å². The third-order valence-corrected chi connectivity index (χ3v) is 4.79. The maximum Gasteiger partial charge on any atom is 0.307 e. The zero-order valence-corrected chi connectivity index (χ0v) is 16.7. The molecule has 7 nitrogen and oxygen atoms in total. The lowest BCUT2D eigenvalue weighted by Crippen LogP contribution is -2.35. The van der Waals surface area contributed by atoms with Gasteiger partial charge in [-0.3, -0.25) is 9.59 Å². The summed E-state index contributed by atoms with van der Waals surface area (Å²) < 4.78 is 11.7. The van der Waals surface area contributed by atoms with E-state index in [2.05, 4.69) is 10.6 Å². The lowest BCUT2D eigenvalue weighted by molar-refractivity contribution is -0.136. The van der Waals surface area contributed by atoms with E-state index in [9.17, 15) is 9.59 Å². The standard InChI is InChI=1S/C24H22N2O5/c27-23(28)13-16-4-3-5-18(12-16)26-24(29)17-8-10-19(11-9-17)30-15-20-14-25-21-6-1-2-7-22(21)31-20/h1-12,20,25H,13-15H2,(H,26,29)(H,27,28)/t20-/m1/s1. The summed E-state index contributed by atoms with van der Waals surface area (Å²) in [6, 6.07) is 21.4. The van der Waals surface area contributed by atoms with Crippen molar-refractivity contribution in [2.75, 3.05) is 23.8 Å². The second kappa shape index (κ2) is 9.21. The molecule has 158 valence electrons. The number of para-hydroxylation sites is 2. The van der Waals surface area contributed by atoms with Gasteiger partial charge in [0.15, 0.2) is 0 Å². The minimum Gasteiger partial charge on any atom is -0.490 e. The predicted molar refractivity (Wildman–Crippen MR) is 117 cm³/mol. The first-order valence-electron chi connectivity index (χ1n) is 9.91. The average Bonchev–Trinajstić information content (AvgIpc) is 2.77. The number of hydrogen-bond acceptors (Lipinski definition) is 5. The number of carboxylic acid groups (broad SMARTS) is 1. The predicted octanol–water partition coefficient (Wildman–Crippen LogP) is 3.82. The van der Waals surface area contributed by atoms with E-state index in [1.54, 1.807) is 48.5 Å². The molecule has 0 radical (unpaired) electrons. The molecule has 4 rings (SSSR count). The second-order valence-corrected chi connectivity index (χ2v) is 7.18. The highest BCUT2D eigenvalue weighted by atomic mass is 16.5. The molecule has 0 fully saturated rings. The molecule has 1 heterocycles. The Labute approximate surface area is 179 Å². The highest BCUT2D eigenvalue weighted by molar-refractivity contribution is 6.04. The largest absolute Gasteiger partial charge is 0.490 e. The third kappa shape index (κ3) is 5.33. The molecule has 1 atom stereocenters. The second-order valence-electron chi connectivity index (χ2n) is 7.18. The topological polar surface area (TPSA) is 96.9 Å². The molecule has 1 aliphatic rings. The number of carbonyl (C=O) groups excluding carboxylic acids is 1. The molecule has 1 aliphatic heterocycles. The molecule has 0 saturated carbocycles. The summed E-state index contributed by atoms with van der Waals surface area (Å²) in [6.45, 7) is 1.03. The first-order chi connectivity index (χ1) is 15.1. The van der Waals surface area contributed by atoms with Gasteiger partial charge in [0.25, 0.3) is 5.91 Å². The van der Waals surface area contributed by atoms with Crippen LogP contribution in [0.1, 0.15) is 15.9 Å². The smallest absolute Gasteiger partial charge is 0.307 e. The van der Waals surface area contributed by atoms with Crippen LogP contribution >= 0.6 is 0 Å². The molecule has 31 heavy (non-hydrogen) atoms. The van der Waals surface area contributed by atoms with Gasteiger partial charge in [-0.05, 0) is 54.1 Å². The van der Waals surface area contributed by atoms with Crippen LogP contribution in [0.3, 0.4) is 0 Å². The lowest BCUT2D eigenvalue weighted by atomic mass is 10.1. The molecule has 1 amide bonds. The number of hydrogen-bond donors (Lipinski definition) is 3. The van der Waals surface area contributed by atoms with E-state index >= 15 is 0 Å². The molecule has 0 spiro atoms. The number of amides is 1. The number of rotatable bonds is 7. The Bertz CT molecular complexity index is 1080. The summed E-state index contributed by atoms with van der Waals surface area (Å²) in [5, 5.41) is 15.0. The first kappa shape index (κ1) is 20.3.